The third kappa shape index (κ3) is 2.74. The van der Waals surface area contributed by atoms with Crippen molar-refractivity contribution < 1.29 is 4.79 Å². The predicted molar refractivity (Wildman–Crippen MR) is 98.8 cm³/mol. The number of rotatable bonds is 2. The van der Waals surface area contributed by atoms with Crippen molar-refractivity contribution >= 4 is 28.8 Å². The van der Waals surface area contributed by atoms with Crippen LogP contribution in [0.5, 0.6) is 0 Å². The molecular formula is C20H16ClNOS. The fourth-order valence-corrected chi connectivity index (χ4v) is 4.14. The molecule has 4 rings (SSSR count). The number of fused-ring (bicyclic) bond motifs is 1. The van der Waals surface area contributed by atoms with Crippen LogP contribution in [0, 0.1) is 0 Å². The summed E-state index contributed by atoms with van der Waals surface area (Å²) in [5, 5.41) is 2.65. The number of hydrogen-bond donors (Lipinski definition) is 0. The minimum atomic E-state index is -0.0678. The van der Waals surface area contributed by atoms with Crippen LogP contribution in [-0.4, -0.2) is 17.4 Å². The SMILES string of the molecule is O=C(c1cccs1)N1CCc2ccccc2[C@H]1c1ccc(Cl)cc1. The first-order valence-corrected chi connectivity index (χ1v) is 9.17. The van der Waals surface area contributed by atoms with Gasteiger partial charge in [0.05, 0.1) is 10.9 Å². The van der Waals surface area contributed by atoms with Gasteiger partial charge in [0, 0.05) is 11.6 Å². The third-order valence-electron chi connectivity index (χ3n) is 4.46. The minimum Gasteiger partial charge on any atom is -0.326 e. The van der Waals surface area contributed by atoms with Gasteiger partial charge in [-0.2, -0.15) is 0 Å². The van der Waals surface area contributed by atoms with E-state index in [1.165, 1.54) is 22.5 Å². The normalized spacial score (nSPS) is 16.7. The van der Waals surface area contributed by atoms with E-state index < -0.39 is 0 Å². The lowest BCUT2D eigenvalue weighted by Gasteiger charge is -2.37. The van der Waals surface area contributed by atoms with Crippen molar-refractivity contribution in [1.29, 1.82) is 0 Å². The van der Waals surface area contributed by atoms with Gasteiger partial charge >= 0.3 is 0 Å². The quantitative estimate of drug-likeness (QED) is 0.621. The molecule has 2 nitrogen and oxygen atoms in total. The summed E-state index contributed by atoms with van der Waals surface area (Å²) in [6.07, 6.45) is 0.886. The van der Waals surface area contributed by atoms with Gasteiger partial charge in [0.15, 0.2) is 0 Å². The Morgan fingerprint density at radius 3 is 2.58 bits per heavy atom. The molecule has 24 heavy (non-hydrogen) atoms. The Hall–Kier alpha value is -2.10. The molecule has 4 heteroatoms. The van der Waals surface area contributed by atoms with Crippen molar-refractivity contribution in [3.8, 4) is 0 Å². The molecule has 2 aromatic carbocycles. The van der Waals surface area contributed by atoms with Gasteiger partial charge in [-0.05, 0) is 46.7 Å². The molecule has 0 radical (unpaired) electrons. The molecule has 1 aromatic heterocycles. The topological polar surface area (TPSA) is 20.3 Å². The summed E-state index contributed by atoms with van der Waals surface area (Å²) in [7, 11) is 0. The fourth-order valence-electron chi connectivity index (χ4n) is 3.33. The number of hydrogen-bond acceptors (Lipinski definition) is 2. The summed E-state index contributed by atoms with van der Waals surface area (Å²) in [5.41, 5.74) is 3.61. The molecule has 120 valence electrons. The molecule has 0 N–H and O–H groups in total. The Kier molecular flexibility index (Phi) is 4.13. The zero-order chi connectivity index (χ0) is 16.5. The molecule has 1 aliphatic rings. The number of halogens is 1. The molecule has 1 atom stereocenters. The zero-order valence-corrected chi connectivity index (χ0v) is 14.6. The summed E-state index contributed by atoms with van der Waals surface area (Å²) in [5.74, 6) is 0.0967. The van der Waals surface area contributed by atoms with E-state index >= 15 is 0 Å². The van der Waals surface area contributed by atoms with Crippen molar-refractivity contribution in [1.82, 2.24) is 4.90 Å². The molecule has 0 saturated heterocycles. The molecule has 0 aliphatic carbocycles. The minimum absolute atomic E-state index is 0.0678. The first-order valence-electron chi connectivity index (χ1n) is 7.92. The van der Waals surface area contributed by atoms with Crippen molar-refractivity contribution in [2.45, 2.75) is 12.5 Å². The van der Waals surface area contributed by atoms with E-state index in [-0.39, 0.29) is 11.9 Å². The van der Waals surface area contributed by atoms with E-state index in [9.17, 15) is 4.79 Å². The summed E-state index contributed by atoms with van der Waals surface area (Å²) in [6, 6.07) is 20.0. The number of thiophene rings is 1. The molecule has 1 amide bonds. The van der Waals surface area contributed by atoms with E-state index in [0.717, 1.165) is 23.4 Å². The highest BCUT2D eigenvalue weighted by atomic mass is 35.5. The largest absolute Gasteiger partial charge is 0.326 e. The second kappa shape index (κ2) is 6.42. The Morgan fingerprint density at radius 1 is 1.04 bits per heavy atom. The Morgan fingerprint density at radius 2 is 1.83 bits per heavy atom. The summed E-state index contributed by atoms with van der Waals surface area (Å²) >= 11 is 7.55. The van der Waals surface area contributed by atoms with Gasteiger partial charge in [-0.15, -0.1) is 11.3 Å². The monoisotopic (exact) mass is 353 g/mol. The van der Waals surface area contributed by atoms with Crippen LogP contribution in [0.15, 0.2) is 66.0 Å². The van der Waals surface area contributed by atoms with E-state index in [0.29, 0.717) is 5.02 Å². The summed E-state index contributed by atoms with van der Waals surface area (Å²) < 4.78 is 0. The first-order chi connectivity index (χ1) is 11.7. The van der Waals surface area contributed by atoms with Gasteiger partial charge in [0.2, 0.25) is 0 Å². The standard InChI is InChI=1S/C20H16ClNOS/c21-16-9-7-15(8-10-16)19-17-5-2-1-4-14(17)11-12-22(19)20(23)18-6-3-13-24-18/h1-10,13,19H,11-12H2/t19-/m1/s1. The second-order valence-electron chi connectivity index (χ2n) is 5.88. The lowest BCUT2D eigenvalue weighted by atomic mass is 9.88. The van der Waals surface area contributed by atoms with Crippen LogP contribution in [0.4, 0.5) is 0 Å². The van der Waals surface area contributed by atoms with Crippen LogP contribution < -0.4 is 0 Å². The van der Waals surface area contributed by atoms with E-state index in [1.807, 2.05) is 52.7 Å². The van der Waals surface area contributed by atoms with E-state index in [2.05, 4.69) is 18.2 Å². The highest BCUT2D eigenvalue weighted by Gasteiger charge is 2.32. The van der Waals surface area contributed by atoms with Crippen molar-refractivity contribution in [3.63, 3.8) is 0 Å². The lowest BCUT2D eigenvalue weighted by molar-refractivity contribution is 0.0699. The van der Waals surface area contributed by atoms with Crippen LogP contribution in [0.1, 0.15) is 32.4 Å². The molecular weight excluding hydrogens is 338 g/mol. The van der Waals surface area contributed by atoms with Gasteiger partial charge < -0.3 is 4.90 Å². The smallest absolute Gasteiger partial charge is 0.264 e. The number of nitrogens with zero attached hydrogens (tertiary/aromatic N) is 1. The Labute approximate surface area is 150 Å². The third-order valence-corrected chi connectivity index (χ3v) is 5.57. The first kappa shape index (κ1) is 15.4. The maximum Gasteiger partial charge on any atom is 0.264 e. The number of benzene rings is 2. The average Bonchev–Trinajstić information content (AvgIpc) is 3.16. The van der Waals surface area contributed by atoms with Crippen molar-refractivity contribution in [2.75, 3.05) is 6.54 Å². The molecule has 3 aromatic rings. The Balaban J connectivity index is 1.81. The molecule has 0 unspecified atom stereocenters. The molecule has 0 saturated carbocycles. The van der Waals surface area contributed by atoms with Crippen molar-refractivity contribution in [2.24, 2.45) is 0 Å². The van der Waals surface area contributed by atoms with E-state index in [1.54, 1.807) is 0 Å². The predicted octanol–water partition coefficient (Wildman–Crippen LogP) is 5.19. The van der Waals surface area contributed by atoms with Crippen molar-refractivity contribution in [3.05, 3.63) is 92.6 Å². The van der Waals surface area contributed by atoms with Gasteiger partial charge in [-0.25, -0.2) is 0 Å². The van der Waals surface area contributed by atoms with Gasteiger partial charge in [0.25, 0.3) is 5.91 Å². The number of carbonyl (C=O) groups excluding carboxylic acids is 1. The molecule has 0 fully saturated rings. The molecule has 0 spiro atoms. The van der Waals surface area contributed by atoms with Gasteiger partial charge in [-0.3, -0.25) is 4.79 Å². The van der Waals surface area contributed by atoms with Gasteiger partial charge in [0.1, 0.15) is 0 Å². The lowest BCUT2D eigenvalue weighted by Crippen LogP contribution is -2.40. The molecule has 1 aliphatic heterocycles. The van der Waals surface area contributed by atoms with Crippen LogP contribution >= 0.6 is 22.9 Å². The maximum atomic E-state index is 13.0. The number of amides is 1. The highest BCUT2D eigenvalue weighted by molar-refractivity contribution is 7.12. The zero-order valence-electron chi connectivity index (χ0n) is 13.0. The van der Waals surface area contributed by atoms with Crippen LogP contribution in [0.2, 0.25) is 5.02 Å². The van der Waals surface area contributed by atoms with Crippen LogP contribution in [0.3, 0.4) is 0 Å². The Bertz CT molecular complexity index is 858. The molecule has 0 bridgehead atoms. The van der Waals surface area contributed by atoms with Crippen LogP contribution in [0.25, 0.3) is 0 Å². The summed E-state index contributed by atoms with van der Waals surface area (Å²) in [4.78, 5) is 15.8. The average molecular weight is 354 g/mol. The highest BCUT2D eigenvalue weighted by Crippen LogP contribution is 2.36. The van der Waals surface area contributed by atoms with E-state index in [4.69, 9.17) is 11.6 Å². The van der Waals surface area contributed by atoms with Gasteiger partial charge in [-0.1, -0.05) is 54.1 Å². The maximum absolute atomic E-state index is 13.0. The summed E-state index contributed by atoms with van der Waals surface area (Å²) in [6.45, 7) is 0.723. The number of carbonyl (C=O) groups is 1. The molecule has 2 heterocycles. The fraction of sp³-hybridized carbons (Fsp3) is 0.150. The second-order valence-corrected chi connectivity index (χ2v) is 7.26. The van der Waals surface area contributed by atoms with Crippen LogP contribution in [-0.2, 0) is 6.42 Å².